The zero-order valence-electron chi connectivity index (χ0n) is 8.14. The third-order valence-electron chi connectivity index (χ3n) is 2.25. The van der Waals surface area contributed by atoms with E-state index in [9.17, 15) is 9.18 Å². The summed E-state index contributed by atoms with van der Waals surface area (Å²) in [4.78, 5) is 11.3. The average molecular weight is 188 g/mol. The number of amides is 1. The molecule has 1 amide bonds. The van der Waals surface area contributed by atoms with Crippen LogP contribution in [0.3, 0.4) is 0 Å². The first-order chi connectivity index (χ1) is 6.11. The van der Waals surface area contributed by atoms with Gasteiger partial charge in [-0.1, -0.05) is 13.8 Å². The second kappa shape index (κ2) is 4.56. The molecule has 2 atom stereocenters. The summed E-state index contributed by atoms with van der Waals surface area (Å²) in [5.41, 5.74) is 0. The molecule has 1 aliphatic heterocycles. The van der Waals surface area contributed by atoms with Crippen LogP contribution in [0.15, 0.2) is 0 Å². The summed E-state index contributed by atoms with van der Waals surface area (Å²) < 4.78 is 13.2. The van der Waals surface area contributed by atoms with Gasteiger partial charge in [0.05, 0.1) is 6.04 Å². The maximum atomic E-state index is 13.2. The molecule has 0 spiro atoms. The fourth-order valence-corrected chi connectivity index (χ4v) is 1.32. The molecule has 0 aromatic carbocycles. The molecule has 0 radical (unpaired) electrons. The number of hydrogen-bond donors (Lipinski definition) is 2. The molecule has 1 fully saturated rings. The molecular formula is C9H17FN2O. The molecule has 0 aliphatic carbocycles. The third kappa shape index (κ3) is 2.95. The van der Waals surface area contributed by atoms with Crippen LogP contribution in [0.1, 0.15) is 20.3 Å². The van der Waals surface area contributed by atoms with Crippen molar-refractivity contribution < 1.29 is 9.18 Å². The number of rotatable bonds is 2. The van der Waals surface area contributed by atoms with Gasteiger partial charge in [-0.3, -0.25) is 4.79 Å². The number of halogens is 1. The normalized spacial score (nSPS) is 28.9. The Kier molecular flexibility index (Phi) is 3.66. The smallest absolute Gasteiger partial charge is 0.222 e. The van der Waals surface area contributed by atoms with E-state index in [1.165, 1.54) is 0 Å². The van der Waals surface area contributed by atoms with Gasteiger partial charge in [-0.2, -0.15) is 0 Å². The largest absolute Gasteiger partial charge is 0.349 e. The lowest BCUT2D eigenvalue weighted by Gasteiger charge is -2.28. The van der Waals surface area contributed by atoms with Crippen molar-refractivity contribution in [2.75, 3.05) is 13.1 Å². The molecule has 0 bridgehead atoms. The van der Waals surface area contributed by atoms with Crippen LogP contribution in [0, 0.1) is 5.92 Å². The Morgan fingerprint density at radius 1 is 1.62 bits per heavy atom. The molecule has 3 nitrogen and oxygen atoms in total. The summed E-state index contributed by atoms with van der Waals surface area (Å²) in [6.45, 7) is 4.85. The van der Waals surface area contributed by atoms with Crippen LogP contribution in [0.25, 0.3) is 0 Å². The van der Waals surface area contributed by atoms with E-state index in [1.54, 1.807) is 13.8 Å². The summed E-state index contributed by atoms with van der Waals surface area (Å²) >= 11 is 0. The van der Waals surface area contributed by atoms with Crippen LogP contribution in [0.4, 0.5) is 4.39 Å². The highest BCUT2D eigenvalue weighted by Gasteiger charge is 2.26. The maximum Gasteiger partial charge on any atom is 0.222 e. The summed E-state index contributed by atoms with van der Waals surface area (Å²) in [7, 11) is 0. The number of nitrogens with one attached hydrogen (secondary N) is 2. The molecule has 13 heavy (non-hydrogen) atoms. The van der Waals surface area contributed by atoms with Crippen LogP contribution in [-0.2, 0) is 4.79 Å². The van der Waals surface area contributed by atoms with Crippen LogP contribution in [0.2, 0.25) is 0 Å². The Balaban J connectivity index is 2.38. The van der Waals surface area contributed by atoms with Crippen molar-refractivity contribution in [1.82, 2.24) is 10.6 Å². The van der Waals surface area contributed by atoms with E-state index in [-0.39, 0.29) is 17.9 Å². The van der Waals surface area contributed by atoms with Gasteiger partial charge in [-0.25, -0.2) is 4.39 Å². The lowest BCUT2D eigenvalue weighted by Crippen LogP contribution is -2.53. The standard InChI is InChI=1S/C9H17FN2O/c1-6(2)9(13)12-8-5-11-4-3-7(8)10/h6-8,11H,3-5H2,1-2H3,(H,12,13)/t7-,8-/m1/s1. The van der Waals surface area contributed by atoms with Crippen molar-refractivity contribution in [1.29, 1.82) is 0 Å². The monoisotopic (exact) mass is 188 g/mol. The number of carbonyl (C=O) groups is 1. The Morgan fingerprint density at radius 2 is 2.31 bits per heavy atom. The average Bonchev–Trinajstić information content (AvgIpc) is 2.08. The molecule has 0 aromatic heterocycles. The van der Waals surface area contributed by atoms with Gasteiger partial charge in [0.25, 0.3) is 0 Å². The summed E-state index contributed by atoms with van der Waals surface area (Å²) in [5, 5.41) is 5.75. The highest BCUT2D eigenvalue weighted by atomic mass is 19.1. The molecule has 2 N–H and O–H groups in total. The molecule has 1 aliphatic rings. The number of alkyl halides is 1. The van der Waals surface area contributed by atoms with Gasteiger partial charge in [-0.15, -0.1) is 0 Å². The van der Waals surface area contributed by atoms with E-state index in [0.717, 1.165) is 0 Å². The number of carbonyl (C=O) groups excluding carboxylic acids is 1. The Bertz CT molecular complexity index is 184. The minimum absolute atomic E-state index is 0.0728. The molecule has 76 valence electrons. The Morgan fingerprint density at radius 3 is 2.85 bits per heavy atom. The Labute approximate surface area is 78.1 Å². The van der Waals surface area contributed by atoms with E-state index in [1.807, 2.05) is 0 Å². The van der Waals surface area contributed by atoms with Crippen molar-refractivity contribution in [3.8, 4) is 0 Å². The first-order valence-corrected chi connectivity index (χ1v) is 4.76. The van der Waals surface area contributed by atoms with Gasteiger partial charge in [0.15, 0.2) is 0 Å². The van der Waals surface area contributed by atoms with Gasteiger partial charge in [0.1, 0.15) is 6.17 Å². The molecular weight excluding hydrogens is 171 g/mol. The molecule has 1 saturated heterocycles. The predicted octanol–water partition coefficient (Wildman–Crippen LogP) is 0.459. The summed E-state index contributed by atoms with van der Waals surface area (Å²) in [5.74, 6) is -0.148. The quantitative estimate of drug-likeness (QED) is 0.661. The zero-order valence-corrected chi connectivity index (χ0v) is 8.14. The SMILES string of the molecule is CC(C)C(=O)N[C@@H]1CNCC[C@H]1F. The second-order valence-electron chi connectivity index (χ2n) is 3.78. The van der Waals surface area contributed by atoms with Crippen molar-refractivity contribution in [3.63, 3.8) is 0 Å². The van der Waals surface area contributed by atoms with E-state index >= 15 is 0 Å². The van der Waals surface area contributed by atoms with E-state index in [4.69, 9.17) is 0 Å². The third-order valence-corrected chi connectivity index (χ3v) is 2.25. The minimum Gasteiger partial charge on any atom is -0.349 e. The highest BCUT2D eigenvalue weighted by molar-refractivity contribution is 5.78. The van der Waals surface area contributed by atoms with Gasteiger partial charge < -0.3 is 10.6 Å². The zero-order chi connectivity index (χ0) is 9.84. The molecule has 0 unspecified atom stereocenters. The van der Waals surface area contributed by atoms with Crippen LogP contribution in [-0.4, -0.2) is 31.2 Å². The van der Waals surface area contributed by atoms with E-state index in [0.29, 0.717) is 19.5 Å². The summed E-state index contributed by atoms with van der Waals surface area (Å²) in [6, 6.07) is -0.344. The van der Waals surface area contributed by atoms with Crippen LogP contribution < -0.4 is 10.6 Å². The number of hydrogen-bond acceptors (Lipinski definition) is 2. The van der Waals surface area contributed by atoms with Gasteiger partial charge in [-0.05, 0) is 13.0 Å². The summed E-state index contributed by atoms with van der Waals surface area (Å²) in [6.07, 6.45) is -0.410. The van der Waals surface area contributed by atoms with Crippen molar-refractivity contribution in [2.45, 2.75) is 32.5 Å². The van der Waals surface area contributed by atoms with Crippen molar-refractivity contribution in [2.24, 2.45) is 5.92 Å². The molecule has 4 heteroatoms. The first kappa shape index (κ1) is 10.4. The van der Waals surface area contributed by atoms with E-state index < -0.39 is 6.17 Å². The van der Waals surface area contributed by atoms with Gasteiger partial charge >= 0.3 is 0 Å². The first-order valence-electron chi connectivity index (χ1n) is 4.76. The van der Waals surface area contributed by atoms with Gasteiger partial charge in [0, 0.05) is 12.5 Å². The lowest BCUT2D eigenvalue weighted by molar-refractivity contribution is -0.125. The van der Waals surface area contributed by atoms with Crippen molar-refractivity contribution in [3.05, 3.63) is 0 Å². The molecule has 1 rings (SSSR count). The Hall–Kier alpha value is -0.640. The topological polar surface area (TPSA) is 41.1 Å². The van der Waals surface area contributed by atoms with Crippen molar-refractivity contribution >= 4 is 5.91 Å². The minimum atomic E-state index is -0.899. The molecule has 0 saturated carbocycles. The highest BCUT2D eigenvalue weighted by Crippen LogP contribution is 2.08. The van der Waals surface area contributed by atoms with Gasteiger partial charge in [0.2, 0.25) is 5.91 Å². The lowest BCUT2D eigenvalue weighted by atomic mass is 10.0. The fourth-order valence-electron chi connectivity index (χ4n) is 1.32. The van der Waals surface area contributed by atoms with Crippen LogP contribution >= 0.6 is 0 Å². The molecule has 0 aromatic rings. The van der Waals surface area contributed by atoms with Crippen LogP contribution in [0.5, 0.6) is 0 Å². The maximum absolute atomic E-state index is 13.2. The number of piperidine rings is 1. The van der Waals surface area contributed by atoms with E-state index in [2.05, 4.69) is 10.6 Å². The fraction of sp³-hybridized carbons (Fsp3) is 0.889. The second-order valence-corrected chi connectivity index (χ2v) is 3.78. The molecule has 1 heterocycles. The predicted molar refractivity (Wildman–Crippen MR) is 49.2 cm³/mol.